The van der Waals surface area contributed by atoms with Crippen LogP contribution >= 0.6 is 0 Å². The maximum absolute atomic E-state index is 13.3. The van der Waals surface area contributed by atoms with Gasteiger partial charge >= 0.3 is 0 Å². The topological polar surface area (TPSA) is 134 Å². The second-order valence-corrected chi connectivity index (χ2v) is 9.74. The van der Waals surface area contributed by atoms with Gasteiger partial charge in [-0.05, 0) is 23.1 Å². The van der Waals surface area contributed by atoms with E-state index in [9.17, 15) is 24.0 Å². The Morgan fingerprint density at radius 3 is 2.17 bits per heavy atom. The molecule has 0 saturated carbocycles. The highest BCUT2D eigenvalue weighted by atomic mass is 16.2. The fraction of sp³-hybridized carbons (Fsp3) is 0.385. The van der Waals surface area contributed by atoms with Crippen molar-refractivity contribution in [3.63, 3.8) is 0 Å². The number of nitrogens with one attached hydrogen (secondary N) is 3. The minimum Gasteiger partial charge on any atom is -0.346 e. The van der Waals surface area contributed by atoms with Crippen LogP contribution in [0.4, 0.5) is 0 Å². The summed E-state index contributed by atoms with van der Waals surface area (Å²) in [6.07, 6.45) is 1.36. The summed E-state index contributed by atoms with van der Waals surface area (Å²) in [5, 5.41) is 7.78. The van der Waals surface area contributed by atoms with E-state index in [-0.39, 0.29) is 12.1 Å². The standard InChI is InChI=1S/C26H30N4O5/c1-15-20(25(35)30-23(15)33)21(32)22(26(2,3)4)29-19(31)14-18(16-10-6-5-7-11-16)28-24(34)17-12-8-9-13-27-17/h5-13,15,18,20,22H,14H2,1-4H3,(H,28,34)(H,29,31)(H,30,33,35)/t15-,18-,20+,22+/m0/s1. The highest BCUT2D eigenvalue weighted by molar-refractivity contribution is 6.16. The Hall–Kier alpha value is -3.88. The lowest BCUT2D eigenvalue weighted by Crippen LogP contribution is -2.53. The first-order valence-corrected chi connectivity index (χ1v) is 11.4. The molecule has 3 N–H and O–H groups in total. The lowest BCUT2D eigenvalue weighted by molar-refractivity contribution is -0.138. The van der Waals surface area contributed by atoms with Gasteiger partial charge in [0.15, 0.2) is 5.78 Å². The first-order chi connectivity index (χ1) is 16.5. The van der Waals surface area contributed by atoms with Crippen LogP contribution in [0.25, 0.3) is 0 Å². The molecule has 1 fully saturated rings. The number of Topliss-reactive ketones (excluding diaryl/α,β-unsaturated/α-hetero) is 1. The van der Waals surface area contributed by atoms with E-state index in [4.69, 9.17) is 0 Å². The molecular formula is C26H30N4O5. The van der Waals surface area contributed by atoms with Crippen molar-refractivity contribution in [2.24, 2.45) is 17.3 Å². The first kappa shape index (κ1) is 25.7. The number of aromatic nitrogens is 1. The van der Waals surface area contributed by atoms with E-state index in [1.165, 1.54) is 13.1 Å². The molecule has 2 aromatic rings. The Morgan fingerprint density at radius 2 is 1.63 bits per heavy atom. The molecule has 1 aliphatic rings. The third kappa shape index (κ3) is 6.17. The average Bonchev–Trinajstić information content (AvgIpc) is 3.08. The molecule has 0 unspecified atom stereocenters. The maximum Gasteiger partial charge on any atom is 0.270 e. The lowest BCUT2D eigenvalue weighted by Gasteiger charge is -2.32. The monoisotopic (exact) mass is 478 g/mol. The van der Waals surface area contributed by atoms with Gasteiger partial charge < -0.3 is 10.6 Å². The van der Waals surface area contributed by atoms with Crippen molar-refractivity contribution in [2.75, 3.05) is 0 Å². The SMILES string of the molecule is C[C@@H]1C(=O)NC(=O)[C@H]1C(=O)[C@@H](NC(=O)C[C@H](NC(=O)c1ccccn1)c1ccccc1)C(C)(C)C. The van der Waals surface area contributed by atoms with E-state index < -0.39 is 58.7 Å². The maximum atomic E-state index is 13.3. The summed E-state index contributed by atoms with van der Waals surface area (Å²) in [5.41, 5.74) is 0.195. The normalized spacial score (nSPS) is 19.4. The number of amides is 4. The molecule has 2 heterocycles. The Morgan fingerprint density at radius 1 is 0.971 bits per heavy atom. The summed E-state index contributed by atoms with van der Waals surface area (Å²) >= 11 is 0. The molecule has 9 heteroatoms. The van der Waals surface area contributed by atoms with Gasteiger partial charge in [-0.1, -0.05) is 64.1 Å². The molecule has 1 saturated heterocycles. The zero-order valence-electron chi connectivity index (χ0n) is 20.2. The lowest BCUT2D eigenvalue weighted by atomic mass is 9.77. The summed E-state index contributed by atoms with van der Waals surface area (Å²) in [7, 11) is 0. The Balaban J connectivity index is 1.80. The van der Waals surface area contributed by atoms with Crippen LogP contribution in [-0.4, -0.2) is 40.4 Å². The van der Waals surface area contributed by atoms with Crippen LogP contribution < -0.4 is 16.0 Å². The number of carbonyl (C=O) groups is 5. The predicted molar refractivity (Wildman–Crippen MR) is 128 cm³/mol. The Kier molecular flexibility index (Phi) is 7.78. The van der Waals surface area contributed by atoms with Crippen molar-refractivity contribution in [1.82, 2.24) is 20.9 Å². The number of imide groups is 1. The molecule has 184 valence electrons. The average molecular weight is 479 g/mol. The molecule has 1 aromatic carbocycles. The van der Waals surface area contributed by atoms with Crippen LogP contribution in [0.3, 0.4) is 0 Å². The number of carbonyl (C=O) groups excluding carboxylic acids is 5. The Bertz CT molecular complexity index is 1110. The molecule has 0 radical (unpaired) electrons. The fourth-order valence-corrected chi connectivity index (χ4v) is 4.03. The number of nitrogens with zero attached hydrogens (tertiary/aromatic N) is 1. The predicted octanol–water partition coefficient (Wildman–Crippen LogP) is 1.95. The molecule has 0 spiro atoms. The van der Waals surface area contributed by atoms with Crippen molar-refractivity contribution in [3.8, 4) is 0 Å². The van der Waals surface area contributed by atoms with Crippen LogP contribution in [0.1, 0.15) is 56.2 Å². The van der Waals surface area contributed by atoms with Crippen molar-refractivity contribution in [1.29, 1.82) is 0 Å². The molecular weight excluding hydrogens is 448 g/mol. The molecule has 1 aromatic heterocycles. The van der Waals surface area contributed by atoms with Gasteiger partial charge in [0.1, 0.15) is 11.6 Å². The second-order valence-electron chi connectivity index (χ2n) is 9.74. The van der Waals surface area contributed by atoms with Gasteiger partial charge in [0, 0.05) is 6.20 Å². The number of pyridine rings is 1. The third-order valence-corrected chi connectivity index (χ3v) is 6.00. The van der Waals surface area contributed by atoms with Crippen molar-refractivity contribution in [3.05, 3.63) is 66.0 Å². The van der Waals surface area contributed by atoms with Gasteiger partial charge in [-0.2, -0.15) is 0 Å². The zero-order chi connectivity index (χ0) is 25.8. The molecule has 0 bridgehead atoms. The van der Waals surface area contributed by atoms with Gasteiger partial charge in [-0.15, -0.1) is 0 Å². The third-order valence-electron chi connectivity index (χ3n) is 6.00. The number of ketones is 1. The summed E-state index contributed by atoms with van der Waals surface area (Å²) in [4.78, 5) is 67.4. The van der Waals surface area contributed by atoms with Crippen molar-refractivity contribution < 1.29 is 24.0 Å². The summed E-state index contributed by atoms with van der Waals surface area (Å²) in [6, 6.07) is 12.3. The molecule has 4 amide bonds. The second kappa shape index (κ2) is 10.6. The van der Waals surface area contributed by atoms with E-state index in [1.807, 2.05) is 6.07 Å². The van der Waals surface area contributed by atoms with Crippen molar-refractivity contribution in [2.45, 2.75) is 46.2 Å². The smallest absolute Gasteiger partial charge is 0.270 e. The number of benzene rings is 1. The molecule has 0 aliphatic carbocycles. The van der Waals surface area contributed by atoms with Crippen LogP contribution in [0.15, 0.2) is 54.7 Å². The van der Waals surface area contributed by atoms with Crippen LogP contribution in [0.5, 0.6) is 0 Å². The molecule has 9 nitrogen and oxygen atoms in total. The van der Waals surface area contributed by atoms with Gasteiger partial charge in [-0.25, -0.2) is 0 Å². The minimum atomic E-state index is -1.17. The van der Waals surface area contributed by atoms with Crippen molar-refractivity contribution >= 4 is 29.4 Å². The van der Waals surface area contributed by atoms with E-state index in [1.54, 1.807) is 63.2 Å². The summed E-state index contributed by atoms with van der Waals surface area (Å²) in [5.74, 6) is -4.58. The minimum absolute atomic E-state index is 0.145. The van der Waals surface area contributed by atoms with E-state index in [2.05, 4.69) is 20.9 Å². The highest BCUT2D eigenvalue weighted by Crippen LogP contribution is 2.28. The molecule has 3 rings (SSSR count). The van der Waals surface area contributed by atoms with E-state index in [0.29, 0.717) is 5.56 Å². The molecule has 35 heavy (non-hydrogen) atoms. The van der Waals surface area contributed by atoms with Crippen LogP contribution in [-0.2, 0) is 19.2 Å². The first-order valence-electron chi connectivity index (χ1n) is 11.4. The van der Waals surface area contributed by atoms with Gasteiger partial charge in [0.2, 0.25) is 17.7 Å². The largest absolute Gasteiger partial charge is 0.346 e. The Labute approximate surface area is 204 Å². The number of hydrogen-bond donors (Lipinski definition) is 3. The summed E-state index contributed by atoms with van der Waals surface area (Å²) in [6.45, 7) is 6.83. The quantitative estimate of drug-likeness (QED) is 0.392. The molecule has 4 atom stereocenters. The van der Waals surface area contributed by atoms with Gasteiger partial charge in [-0.3, -0.25) is 34.3 Å². The van der Waals surface area contributed by atoms with Crippen LogP contribution in [0, 0.1) is 17.3 Å². The zero-order valence-corrected chi connectivity index (χ0v) is 20.2. The number of rotatable bonds is 8. The van der Waals surface area contributed by atoms with E-state index in [0.717, 1.165) is 0 Å². The van der Waals surface area contributed by atoms with Gasteiger partial charge in [0.25, 0.3) is 5.91 Å². The highest BCUT2D eigenvalue weighted by Gasteiger charge is 2.48. The molecule has 1 aliphatic heterocycles. The van der Waals surface area contributed by atoms with Gasteiger partial charge in [0.05, 0.1) is 24.4 Å². The van der Waals surface area contributed by atoms with Crippen LogP contribution in [0.2, 0.25) is 0 Å². The van der Waals surface area contributed by atoms with E-state index >= 15 is 0 Å². The number of hydrogen-bond acceptors (Lipinski definition) is 6. The fourth-order valence-electron chi connectivity index (χ4n) is 4.03. The summed E-state index contributed by atoms with van der Waals surface area (Å²) < 4.78 is 0.